The molecule has 0 saturated heterocycles. The van der Waals surface area contributed by atoms with Gasteiger partial charge in [0.15, 0.2) is 6.61 Å². The average Bonchev–Trinajstić information content (AvgIpc) is 2.42. The van der Waals surface area contributed by atoms with E-state index in [2.05, 4.69) is 10.3 Å². The molecule has 0 radical (unpaired) electrons. The molecule has 1 aromatic rings. The monoisotopic (exact) mass is 278 g/mol. The summed E-state index contributed by atoms with van der Waals surface area (Å²) < 4.78 is 4.93. The van der Waals surface area contributed by atoms with Gasteiger partial charge in [-0.1, -0.05) is 0 Å². The third-order valence-electron chi connectivity index (χ3n) is 2.49. The number of amides is 1. The molecule has 1 heterocycles. The summed E-state index contributed by atoms with van der Waals surface area (Å²) in [5, 5.41) is 2.43. The lowest BCUT2D eigenvalue weighted by atomic mass is 9.97. The van der Waals surface area contributed by atoms with E-state index >= 15 is 0 Å². The van der Waals surface area contributed by atoms with Crippen molar-refractivity contribution >= 4 is 17.7 Å². The van der Waals surface area contributed by atoms with Gasteiger partial charge < -0.3 is 10.1 Å². The Morgan fingerprint density at radius 2 is 1.90 bits per heavy atom. The molecule has 0 spiro atoms. The van der Waals surface area contributed by atoms with Crippen LogP contribution in [0.15, 0.2) is 18.3 Å². The number of nitrogens with zero attached hydrogens (tertiary/aromatic N) is 1. The Morgan fingerprint density at radius 3 is 2.35 bits per heavy atom. The molecule has 0 saturated carbocycles. The zero-order chi connectivity index (χ0) is 15.3. The summed E-state index contributed by atoms with van der Waals surface area (Å²) in [6, 6.07) is 2.92. The van der Waals surface area contributed by atoms with E-state index in [0.717, 1.165) is 0 Å². The average molecular weight is 278 g/mol. The van der Waals surface area contributed by atoms with Crippen molar-refractivity contribution in [1.29, 1.82) is 0 Å². The highest BCUT2D eigenvalue weighted by atomic mass is 16.5. The van der Waals surface area contributed by atoms with Gasteiger partial charge in [0.05, 0.1) is 5.41 Å². The summed E-state index contributed by atoms with van der Waals surface area (Å²) in [4.78, 5) is 38.5. The topological polar surface area (TPSA) is 85.4 Å². The molecule has 6 nitrogen and oxygen atoms in total. The van der Waals surface area contributed by atoms with Crippen LogP contribution in [0.25, 0.3) is 0 Å². The molecule has 0 atom stereocenters. The van der Waals surface area contributed by atoms with Gasteiger partial charge >= 0.3 is 5.97 Å². The molecule has 1 rings (SSSR count). The summed E-state index contributed by atoms with van der Waals surface area (Å²) in [7, 11) is 1.50. The third kappa shape index (κ3) is 4.15. The first-order valence-corrected chi connectivity index (χ1v) is 6.14. The number of ketones is 1. The molecule has 6 heteroatoms. The second-order valence-corrected chi connectivity index (χ2v) is 5.26. The highest BCUT2D eigenvalue weighted by molar-refractivity contribution is 5.99. The maximum absolute atomic E-state index is 11.8. The Kier molecular flexibility index (Phi) is 4.96. The van der Waals surface area contributed by atoms with E-state index in [-0.39, 0.29) is 24.0 Å². The molecule has 0 aliphatic heterocycles. The van der Waals surface area contributed by atoms with Crippen LogP contribution in [0.2, 0.25) is 0 Å². The first-order valence-electron chi connectivity index (χ1n) is 6.14. The first kappa shape index (κ1) is 15.8. The lowest BCUT2D eigenvalue weighted by Gasteiger charge is -2.15. The molecule has 1 N–H and O–H groups in total. The normalized spacial score (nSPS) is 10.8. The third-order valence-corrected chi connectivity index (χ3v) is 2.49. The predicted molar refractivity (Wildman–Crippen MR) is 72.4 cm³/mol. The molecule has 0 aliphatic rings. The number of esters is 1. The van der Waals surface area contributed by atoms with Crippen molar-refractivity contribution in [3.63, 3.8) is 0 Å². The Bertz CT molecular complexity index is 515. The van der Waals surface area contributed by atoms with Crippen molar-refractivity contribution in [2.75, 3.05) is 13.7 Å². The molecule has 1 amide bonds. The summed E-state index contributed by atoms with van der Waals surface area (Å²) in [5.41, 5.74) is -0.142. The number of pyridine rings is 1. The van der Waals surface area contributed by atoms with E-state index in [1.807, 2.05) is 0 Å². The second-order valence-electron chi connectivity index (χ2n) is 5.26. The molecule has 0 aromatic carbocycles. The van der Waals surface area contributed by atoms with Crippen LogP contribution in [-0.4, -0.2) is 36.3 Å². The zero-order valence-electron chi connectivity index (χ0n) is 12.0. The molecule has 0 unspecified atom stereocenters. The minimum atomic E-state index is -0.651. The molecule has 0 fully saturated rings. The Balaban J connectivity index is 2.65. The van der Waals surface area contributed by atoms with Gasteiger partial charge in [-0.15, -0.1) is 0 Å². The Hall–Kier alpha value is -2.24. The van der Waals surface area contributed by atoms with Crippen LogP contribution in [0.1, 0.15) is 41.6 Å². The van der Waals surface area contributed by atoms with Gasteiger partial charge in [0.1, 0.15) is 5.69 Å². The lowest BCUT2D eigenvalue weighted by Crippen LogP contribution is -2.25. The number of Topliss-reactive ketones (excluding diaryl/α,β-unsaturated/α-hetero) is 1. The highest BCUT2D eigenvalue weighted by Crippen LogP contribution is 2.15. The van der Waals surface area contributed by atoms with Gasteiger partial charge in [-0.05, 0) is 32.9 Å². The number of rotatable bonds is 4. The van der Waals surface area contributed by atoms with Crippen molar-refractivity contribution in [3.8, 4) is 0 Å². The number of ether oxygens (including phenoxy) is 1. The van der Waals surface area contributed by atoms with Crippen molar-refractivity contribution in [1.82, 2.24) is 10.3 Å². The molecule has 20 heavy (non-hydrogen) atoms. The van der Waals surface area contributed by atoms with Gasteiger partial charge in [0.2, 0.25) is 5.78 Å². The summed E-state index contributed by atoms with van der Waals surface area (Å²) in [6.45, 7) is 4.79. The van der Waals surface area contributed by atoms with Crippen molar-refractivity contribution in [2.45, 2.75) is 20.8 Å². The second kappa shape index (κ2) is 6.27. The molecule has 0 bridgehead atoms. The highest BCUT2D eigenvalue weighted by Gasteiger charge is 2.24. The molecule has 108 valence electrons. The largest absolute Gasteiger partial charge is 0.457 e. The fourth-order valence-corrected chi connectivity index (χ4v) is 1.25. The van der Waals surface area contributed by atoms with Gasteiger partial charge in [0, 0.05) is 18.8 Å². The quantitative estimate of drug-likeness (QED) is 0.661. The van der Waals surface area contributed by atoms with Crippen LogP contribution in [0, 0.1) is 5.41 Å². The van der Waals surface area contributed by atoms with E-state index in [9.17, 15) is 14.4 Å². The van der Waals surface area contributed by atoms with Crippen LogP contribution < -0.4 is 5.32 Å². The first-order chi connectivity index (χ1) is 9.25. The minimum absolute atomic E-state index is 0.218. The van der Waals surface area contributed by atoms with Crippen molar-refractivity contribution in [2.24, 2.45) is 5.41 Å². The van der Waals surface area contributed by atoms with E-state index in [1.54, 1.807) is 20.8 Å². The van der Waals surface area contributed by atoms with E-state index < -0.39 is 11.4 Å². The van der Waals surface area contributed by atoms with Crippen LogP contribution in [-0.2, 0) is 9.53 Å². The maximum atomic E-state index is 11.8. The van der Waals surface area contributed by atoms with Crippen LogP contribution in [0.5, 0.6) is 0 Å². The number of hydrogen-bond acceptors (Lipinski definition) is 5. The number of aromatic nitrogens is 1. The van der Waals surface area contributed by atoms with Crippen molar-refractivity contribution in [3.05, 3.63) is 29.6 Å². The molecule has 1 aromatic heterocycles. The Morgan fingerprint density at radius 1 is 1.25 bits per heavy atom. The fourth-order valence-electron chi connectivity index (χ4n) is 1.25. The predicted octanol–water partition coefficient (Wildman–Crippen LogP) is 1.21. The van der Waals surface area contributed by atoms with Crippen molar-refractivity contribution < 1.29 is 19.1 Å². The van der Waals surface area contributed by atoms with Crippen LogP contribution in [0.3, 0.4) is 0 Å². The van der Waals surface area contributed by atoms with Gasteiger partial charge in [-0.25, -0.2) is 0 Å². The van der Waals surface area contributed by atoms with E-state index in [1.165, 1.54) is 25.4 Å². The Labute approximate surface area is 117 Å². The maximum Gasteiger partial charge on any atom is 0.311 e. The molecular weight excluding hydrogens is 260 g/mol. The van der Waals surface area contributed by atoms with E-state index in [0.29, 0.717) is 5.56 Å². The fraction of sp³-hybridized carbons (Fsp3) is 0.429. The van der Waals surface area contributed by atoms with Gasteiger partial charge in [0.25, 0.3) is 5.91 Å². The summed E-state index contributed by atoms with van der Waals surface area (Å²) in [5.74, 6) is -1.14. The van der Waals surface area contributed by atoms with Gasteiger partial charge in [-0.3, -0.25) is 19.4 Å². The number of carbonyl (C=O) groups is 3. The number of carbonyl (C=O) groups excluding carboxylic acids is 3. The number of hydrogen-bond donors (Lipinski definition) is 1. The number of nitrogens with one attached hydrogen (secondary N) is 1. The lowest BCUT2D eigenvalue weighted by molar-refractivity contribution is -0.151. The SMILES string of the molecule is CNC(=O)c1ccc(C(=O)COC(=O)C(C)(C)C)cn1. The van der Waals surface area contributed by atoms with Crippen LogP contribution >= 0.6 is 0 Å². The van der Waals surface area contributed by atoms with E-state index in [4.69, 9.17) is 4.74 Å². The molecular formula is C14H18N2O4. The summed E-state index contributed by atoms with van der Waals surface area (Å²) >= 11 is 0. The zero-order valence-corrected chi connectivity index (χ0v) is 12.0. The standard InChI is InChI=1S/C14H18N2O4/c1-14(2,3)13(19)20-8-11(17)9-5-6-10(16-7-9)12(18)15-4/h5-7H,8H2,1-4H3,(H,15,18). The van der Waals surface area contributed by atoms with Crippen LogP contribution in [0.4, 0.5) is 0 Å². The van der Waals surface area contributed by atoms with Gasteiger partial charge in [-0.2, -0.15) is 0 Å². The summed E-state index contributed by atoms with van der Waals surface area (Å²) in [6.07, 6.45) is 1.29. The smallest absolute Gasteiger partial charge is 0.311 e. The minimum Gasteiger partial charge on any atom is -0.457 e. The molecule has 0 aliphatic carbocycles.